The van der Waals surface area contributed by atoms with Crippen LogP contribution in [-0.2, 0) is 10.8 Å². The van der Waals surface area contributed by atoms with E-state index >= 15 is 0 Å². The Balaban J connectivity index is 2.22. The molecule has 2 nitrogen and oxygen atoms in total. The van der Waals surface area contributed by atoms with E-state index in [-0.39, 0.29) is 11.5 Å². The number of benzene rings is 2. The lowest BCUT2D eigenvalue weighted by Crippen LogP contribution is -2.13. The van der Waals surface area contributed by atoms with Crippen molar-refractivity contribution in [1.82, 2.24) is 0 Å². The summed E-state index contributed by atoms with van der Waals surface area (Å²) in [5, 5.41) is 0. The molecule has 2 aromatic rings. The summed E-state index contributed by atoms with van der Waals surface area (Å²) < 4.78 is 12.4. The summed E-state index contributed by atoms with van der Waals surface area (Å²) in [5.41, 5.74) is 3.61. The van der Waals surface area contributed by atoms with Crippen LogP contribution in [0.4, 0.5) is 0 Å². The summed E-state index contributed by atoms with van der Waals surface area (Å²) in [7, 11) is -1.29. The van der Waals surface area contributed by atoms with Crippen molar-refractivity contribution in [2.45, 2.75) is 25.7 Å². The molecule has 3 heteroatoms. The number of ketones is 1. The predicted octanol–water partition coefficient (Wildman–Crippen LogP) is 3.60. The van der Waals surface area contributed by atoms with Gasteiger partial charge >= 0.3 is 0 Å². The zero-order valence-electron chi connectivity index (χ0n) is 12.0. The van der Waals surface area contributed by atoms with E-state index in [4.69, 9.17) is 0 Å². The molecule has 0 aliphatic rings. The molecule has 0 saturated carbocycles. The second-order valence-corrected chi connectivity index (χ2v) is 6.42. The molecule has 0 aliphatic heterocycles. The maximum atomic E-state index is 12.4. The van der Waals surface area contributed by atoms with E-state index in [0.29, 0.717) is 5.56 Å². The number of carbonyl (C=O) groups is 1. The van der Waals surface area contributed by atoms with Gasteiger partial charge in [0.15, 0.2) is 5.78 Å². The highest BCUT2D eigenvalue weighted by Gasteiger charge is 2.15. The third-order valence-electron chi connectivity index (χ3n) is 3.30. The predicted molar refractivity (Wildman–Crippen MR) is 82.7 cm³/mol. The van der Waals surface area contributed by atoms with Gasteiger partial charge in [-0.1, -0.05) is 36.4 Å². The third kappa shape index (κ3) is 3.23. The fraction of sp³-hybridized carbons (Fsp3) is 0.235. The molecule has 20 heavy (non-hydrogen) atoms. The van der Waals surface area contributed by atoms with E-state index in [1.165, 1.54) is 0 Å². The molecular formula is C17H18O2S. The highest BCUT2D eigenvalue weighted by molar-refractivity contribution is 7.85. The minimum Gasteiger partial charge on any atom is -0.293 e. The Labute approximate surface area is 122 Å². The summed E-state index contributed by atoms with van der Waals surface area (Å²) in [5.74, 6) is -0.0304. The van der Waals surface area contributed by atoms with Crippen LogP contribution < -0.4 is 0 Å². The molecule has 0 saturated heterocycles. The van der Waals surface area contributed by atoms with Gasteiger partial charge in [0.05, 0.1) is 16.6 Å². The highest BCUT2D eigenvalue weighted by atomic mass is 32.2. The Bertz CT molecular complexity index is 674. The van der Waals surface area contributed by atoms with Crippen LogP contribution in [0, 0.1) is 20.8 Å². The van der Waals surface area contributed by atoms with Gasteiger partial charge in [-0.3, -0.25) is 9.00 Å². The van der Waals surface area contributed by atoms with Gasteiger partial charge in [-0.25, -0.2) is 0 Å². The number of carbonyl (C=O) groups excluding carboxylic acids is 1. The zero-order chi connectivity index (χ0) is 14.7. The SMILES string of the molecule is Cc1ccc(C)c(S(=O)CC(=O)c2ccccc2C)c1. The molecule has 0 amide bonds. The van der Waals surface area contributed by atoms with Gasteiger partial charge in [0.1, 0.15) is 0 Å². The van der Waals surface area contributed by atoms with Gasteiger partial charge in [-0.05, 0) is 43.5 Å². The fourth-order valence-corrected chi connectivity index (χ4v) is 3.41. The van der Waals surface area contributed by atoms with Gasteiger partial charge in [0.25, 0.3) is 0 Å². The van der Waals surface area contributed by atoms with Crippen LogP contribution in [0.25, 0.3) is 0 Å². The van der Waals surface area contributed by atoms with E-state index in [2.05, 4.69) is 0 Å². The normalized spacial score (nSPS) is 12.2. The molecule has 1 unspecified atom stereocenters. The molecule has 0 aromatic heterocycles. The van der Waals surface area contributed by atoms with Gasteiger partial charge < -0.3 is 0 Å². The van der Waals surface area contributed by atoms with Crippen molar-refractivity contribution in [3.8, 4) is 0 Å². The van der Waals surface area contributed by atoms with Crippen molar-refractivity contribution in [1.29, 1.82) is 0 Å². The molecule has 0 spiro atoms. The summed E-state index contributed by atoms with van der Waals surface area (Å²) >= 11 is 0. The molecule has 0 radical (unpaired) electrons. The number of hydrogen-bond donors (Lipinski definition) is 0. The summed E-state index contributed by atoms with van der Waals surface area (Å²) in [4.78, 5) is 13.0. The van der Waals surface area contributed by atoms with Crippen LogP contribution >= 0.6 is 0 Å². The fourth-order valence-electron chi connectivity index (χ4n) is 2.11. The van der Waals surface area contributed by atoms with E-state index in [9.17, 15) is 9.00 Å². The molecular weight excluding hydrogens is 268 g/mol. The number of hydrogen-bond acceptors (Lipinski definition) is 2. The largest absolute Gasteiger partial charge is 0.293 e. The number of rotatable bonds is 4. The monoisotopic (exact) mass is 286 g/mol. The quantitative estimate of drug-likeness (QED) is 0.805. The Kier molecular flexibility index (Phi) is 4.50. The van der Waals surface area contributed by atoms with Gasteiger partial charge in [0, 0.05) is 10.5 Å². The van der Waals surface area contributed by atoms with E-state index < -0.39 is 10.8 Å². The van der Waals surface area contributed by atoms with Crippen molar-refractivity contribution in [3.05, 3.63) is 64.7 Å². The lowest BCUT2D eigenvalue weighted by Gasteiger charge is -2.08. The minimum atomic E-state index is -1.29. The van der Waals surface area contributed by atoms with Gasteiger partial charge in [0.2, 0.25) is 0 Å². The van der Waals surface area contributed by atoms with Crippen LogP contribution in [0.1, 0.15) is 27.0 Å². The molecule has 0 fully saturated rings. The Morgan fingerprint density at radius 3 is 2.40 bits per heavy atom. The van der Waals surface area contributed by atoms with Crippen LogP contribution in [0.3, 0.4) is 0 Å². The molecule has 1 atom stereocenters. The standard InChI is InChI=1S/C17H18O2S/c1-12-8-9-14(3)17(10-12)20(19)11-16(18)15-7-5-4-6-13(15)2/h4-10H,11H2,1-3H3. The van der Waals surface area contributed by atoms with Crippen molar-refractivity contribution in [2.75, 3.05) is 5.75 Å². The molecule has 0 bridgehead atoms. The third-order valence-corrected chi connectivity index (χ3v) is 4.75. The summed E-state index contributed by atoms with van der Waals surface area (Å²) in [6.45, 7) is 5.78. The average Bonchev–Trinajstić information content (AvgIpc) is 2.41. The van der Waals surface area contributed by atoms with Gasteiger partial charge in [-0.2, -0.15) is 0 Å². The average molecular weight is 286 g/mol. The maximum Gasteiger partial charge on any atom is 0.175 e. The molecule has 0 N–H and O–H groups in total. The smallest absolute Gasteiger partial charge is 0.175 e. The molecule has 104 valence electrons. The minimum absolute atomic E-state index is 0.0369. The van der Waals surface area contributed by atoms with E-state index in [1.807, 2.05) is 57.2 Å². The first kappa shape index (κ1) is 14.7. The summed E-state index contributed by atoms with van der Waals surface area (Å²) in [6.07, 6.45) is 0. The van der Waals surface area contributed by atoms with E-state index in [1.54, 1.807) is 6.07 Å². The summed E-state index contributed by atoms with van der Waals surface area (Å²) in [6, 6.07) is 13.2. The molecule has 2 aromatic carbocycles. The number of Topliss-reactive ketones (excluding diaryl/α,β-unsaturated/α-hetero) is 1. The van der Waals surface area contributed by atoms with Crippen LogP contribution in [0.15, 0.2) is 47.4 Å². The Hall–Kier alpha value is -1.74. The lowest BCUT2D eigenvalue weighted by atomic mass is 10.1. The second kappa shape index (κ2) is 6.14. The van der Waals surface area contributed by atoms with Crippen LogP contribution in [0.2, 0.25) is 0 Å². The van der Waals surface area contributed by atoms with Crippen molar-refractivity contribution >= 4 is 16.6 Å². The molecule has 0 heterocycles. The van der Waals surface area contributed by atoms with E-state index in [0.717, 1.165) is 21.6 Å². The Morgan fingerprint density at radius 1 is 1.00 bits per heavy atom. The Morgan fingerprint density at radius 2 is 1.70 bits per heavy atom. The first-order valence-electron chi connectivity index (χ1n) is 6.53. The maximum absolute atomic E-state index is 12.4. The molecule has 0 aliphatic carbocycles. The van der Waals surface area contributed by atoms with Crippen molar-refractivity contribution < 1.29 is 9.00 Å². The second-order valence-electron chi connectivity index (χ2n) is 5.00. The zero-order valence-corrected chi connectivity index (χ0v) is 12.8. The lowest BCUT2D eigenvalue weighted by molar-refractivity contribution is 0.102. The topological polar surface area (TPSA) is 34.1 Å². The number of aryl methyl sites for hydroxylation is 3. The van der Waals surface area contributed by atoms with Crippen molar-refractivity contribution in [3.63, 3.8) is 0 Å². The molecule has 2 rings (SSSR count). The van der Waals surface area contributed by atoms with Crippen LogP contribution in [-0.4, -0.2) is 15.7 Å². The van der Waals surface area contributed by atoms with Crippen molar-refractivity contribution in [2.24, 2.45) is 0 Å². The first-order chi connectivity index (χ1) is 9.49. The van der Waals surface area contributed by atoms with Gasteiger partial charge in [-0.15, -0.1) is 0 Å². The highest BCUT2D eigenvalue weighted by Crippen LogP contribution is 2.17. The van der Waals surface area contributed by atoms with Crippen LogP contribution in [0.5, 0.6) is 0 Å². The first-order valence-corrected chi connectivity index (χ1v) is 7.85.